The molecule has 0 bridgehead atoms. The summed E-state index contributed by atoms with van der Waals surface area (Å²) in [7, 11) is 0. The Bertz CT molecular complexity index is 759. The zero-order valence-electron chi connectivity index (χ0n) is 17.3. The van der Waals surface area contributed by atoms with Crippen LogP contribution in [0.2, 0.25) is 0 Å². The van der Waals surface area contributed by atoms with Crippen molar-refractivity contribution in [1.82, 2.24) is 9.80 Å². The van der Waals surface area contributed by atoms with Crippen LogP contribution < -0.4 is 0 Å². The first-order valence-electron chi connectivity index (χ1n) is 10.3. The van der Waals surface area contributed by atoms with Gasteiger partial charge in [-0.2, -0.15) is 0 Å². The lowest BCUT2D eigenvalue weighted by Gasteiger charge is -2.34. The Labute approximate surface area is 176 Å². The third kappa shape index (κ3) is 6.58. The molecule has 1 aliphatic heterocycles. The van der Waals surface area contributed by atoms with Crippen molar-refractivity contribution in [1.29, 1.82) is 0 Å². The molecule has 3 rings (SSSR count). The molecule has 1 N–H and O–H groups in total. The molecule has 0 spiro atoms. The standard InChI is InChI=1S/C23H29F2N3O2/c1-18(26-29)10-11-27-12-14-28(15-13-27)16-17-30-23(19-2-6-21(24)7-3-19)20-4-8-22(25)9-5-20/h2-9,23,29H,10-17H2,1H3/b26-18-. The number of rotatable bonds is 9. The van der Waals surface area contributed by atoms with Gasteiger partial charge < -0.3 is 14.8 Å². The fourth-order valence-electron chi connectivity index (χ4n) is 3.57. The van der Waals surface area contributed by atoms with E-state index in [1.807, 2.05) is 6.92 Å². The lowest BCUT2D eigenvalue weighted by Crippen LogP contribution is -2.47. The van der Waals surface area contributed by atoms with Gasteiger partial charge in [-0.15, -0.1) is 0 Å². The molecule has 2 aromatic carbocycles. The number of hydrogen-bond acceptors (Lipinski definition) is 5. The van der Waals surface area contributed by atoms with Crippen LogP contribution in [0, 0.1) is 11.6 Å². The van der Waals surface area contributed by atoms with Gasteiger partial charge in [-0.05, 0) is 42.3 Å². The SMILES string of the molecule is C/C(CCN1CCN(CCOC(c2ccc(F)cc2)c2ccc(F)cc2)CC1)=N/O. The van der Waals surface area contributed by atoms with Gasteiger partial charge in [0.25, 0.3) is 0 Å². The Kier molecular flexibility index (Phi) is 8.30. The maximum Gasteiger partial charge on any atom is 0.123 e. The molecule has 0 unspecified atom stereocenters. The number of halogens is 2. The summed E-state index contributed by atoms with van der Waals surface area (Å²) in [6, 6.07) is 12.5. The monoisotopic (exact) mass is 417 g/mol. The zero-order valence-corrected chi connectivity index (χ0v) is 17.3. The Morgan fingerprint density at radius 1 is 0.900 bits per heavy atom. The number of benzene rings is 2. The van der Waals surface area contributed by atoms with E-state index in [9.17, 15) is 8.78 Å². The average Bonchev–Trinajstić information content (AvgIpc) is 2.77. The molecular formula is C23H29F2N3O2. The van der Waals surface area contributed by atoms with Gasteiger partial charge in [-0.25, -0.2) is 8.78 Å². The van der Waals surface area contributed by atoms with Gasteiger partial charge in [0.15, 0.2) is 0 Å². The minimum absolute atomic E-state index is 0.296. The zero-order chi connectivity index (χ0) is 21.3. The van der Waals surface area contributed by atoms with Gasteiger partial charge in [0.05, 0.1) is 12.3 Å². The van der Waals surface area contributed by atoms with Crippen LogP contribution in [0.4, 0.5) is 8.78 Å². The third-order valence-electron chi connectivity index (χ3n) is 5.46. The van der Waals surface area contributed by atoms with Crippen molar-refractivity contribution in [2.75, 3.05) is 45.9 Å². The van der Waals surface area contributed by atoms with E-state index in [2.05, 4.69) is 15.0 Å². The Hall–Kier alpha value is -2.35. The minimum atomic E-state index is -0.367. The van der Waals surface area contributed by atoms with Crippen molar-refractivity contribution in [2.45, 2.75) is 19.4 Å². The Morgan fingerprint density at radius 3 is 1.83 bits per heavy atom. The first kappa shape index (κ1) is 22.3. The Balaban J connectivity index is 1.51. The van der Waals surface area contributed by atoms with Crippen LogP contribution in [-0.4, -0.2) is 66.6 Å². The molecule has 162 valence electrons. The quantitative estimate of drug-likeness (QED) is 0.382. The lowest BCUT2D eigenvalue weighted by atomic mass is 10.0. The van der Waals surface area contributed by atoms with Crippen molar-refractivity contribution in [3.05, 3.63) is 71.3 Å². The van der Waals surface area contributed by atoms with E-state index in [0.29, 0.717) is 6.61 Å². The van der Waals surface area contributed by atoms with Crippen LogP contribution in [0.3, 0.4) is 0 Å². The summed E-state index contributed by atoms with van der Waals surface area (Å²) in [5.41, 5.74) is 2.43. The fourth-order valence-corrected chi connectivity index (χ4v) is 3.57. The largest absolute Gasteiger partial charge is 0.411 e. The van der Waals surface area contributed by atoms with Gasteiger partial charge in [0.1, 0.15) is 17.7 Å². The van der Waals surface area contributed by atoms with Gasteiger partial charge in [-0.3, -0.25) is 4.90 Å². The van der Waals surface area contributed by atoms with E-state index in [0.717, 1.165) is 62.5 Å². The number of hydrogen-bond donors (Lipinski definition) is 1. The summed E-state index contributed by atoms with van der Waals surface area (Å²) in [6.07, 6.45) is 0.407. The van der Waals surface area contributed by atoms with E-state index < -0.39 is 0 Å². The summed E-state index contributed by atoms with van der Waals surface area (Å²) in [4.78, 5) is 4.72. The van der Waals surface area contributed by atoms with Crippen molar-refractivity contribution in [3.63, 3.8) is 0 Å². The highest BCUT2D eigenvalue weighted by atomic mass is 19.1. The number of oxime groups is 1. The van der Waals surface area contributed by atoms with Gasteiger partial charge in [0, 0.05) is 45.7 Å². The van der Waals surface area contributed by atoms with Crippen LogP contribution in [-0.2, 0) is 4.74 Å². The van der Waals surface area contributed by atoms with E-state index in [1.165, 1.54) is 24.3 Å². The molecule has 1 heterocycles. The molecule has 0 aliphatic carbocycles. The smallest absolute Gasteiger partial charge is 0.123 e. The third-order valence-corrected chi connectivity index (χ3v) is 5.46. The van der Waals surface area contributed by atoms with Crippen LogP contribution in [0.1, 0.15) is 30.6 Å². The summed E-state index contributed by atoms with van der Waals surface area (Å²) in [5, 5.41) is 12.0. The number of ether oxygens (including phenoxy) is 1. The van der Waals surface area contributed by atoms with E-state index in [4.69, 9.17) is 9.94 Å². The molecular weight excluding hydrogens is 388 g/mol. The fraction of sp³-hybridized carbons (Fsp3) is 0.435. The summed E-state index contributed by atoms with van der Waals surface area (Å²) >= 11 is 0. The average molecular weight is 418 g/mol. The molecule has 1 fully saturated rings. The highest BCUT2D eigenvalue weighted by molar-refractivity contribution is 5.81. The van der Waals surface area contributed by atoms with Crippen LogP contribution >= 0.6 is 0 Å². The predicted molar refractivity (Wildman–Crippen MR) is 113 cm³/mol. The normalized spacial score (nSPS) is 16.3. The van der Waals surface area contributed by atoms with Crippen LogP contribution in [0.15, 0.2) is 53.7 Å². The second kappa shape index (κ2) is 11.2. The summed E-state index contributed by atoms with van der Waals surface area (Å²) in [6.45, 7) is 7.90. The lowest BCUT2D eigenvalue weighted by molar-refractivity contribution is 0.0456. The second-order valence-electron chi connectivity index (χ2n) is 7.62. The first-order chi connectivity index (χ1) is 14.5. The molecule has 5 nitrogen and oxygen atoms in total. The first-order valence-corrected chi connectivity index (χ1v) is 10.3. The molecule has 0 aromatic heterocycles. The summed E-state index contributed by atoms with van der Waals surface area (Å²) in [5.74, 6) is -0.593. The number of piperazine rings is 1. The maximum atomic E-state index is 13.3. The van der Waals surface area contributed by atoms with Crippen LogP contribution in [0.5, 0.6) is 0 Å². The molecule has 0 amide bonds. The molecule has 0 radical (unpaired) electrons. The summed E-state index contributed by atoms with van der Waals surface area (Å²) < 4.78 is 32.8. The van der Waals surface area contributed by atoms with Crippen molar-refractivity contribution < 1.29 is 18.7 Å². The van der Waals surface area contributed by atoms with Crippen LogP contribution in [0.25, 0.3) is 0 Å². The topological polar surface area (TPSA) is 48.3 Å². The molecule has 7 heteroatoms. The van der Waals surface area contributed by atoms with E-state index >= 15 is 0 Å². The number of nitrogens with zero attached hydrogens (tertiary/aromatic N) is 3. The predicted octanol–water partition coefficient (Wildman–Crippen LogP) is 3.93. The Morgan fingerprint density at radius 2 is 1.37 bits per heavy atom. The maximum absolute atomic E-state index is 13.3. The molecule has 1 aliphatic rings. The van der Waals surface area contributed by atoms with Gasteiger partial charge >= 0.3 is 0 Å². The highest BCUT2D eigenvalue weighted by Gasteiger charge is 2.19. The van der Waals surface area contributed by atoms with Gasteiger partial charge in [-0.1, -0.05) is 29.4 Å². The van der Waals surface area contributed by atoms with Crippen molar-refractivity contribution >= 4 is 5.71 Å². The van der Waals surface area contributed by atoms with Crippen molar-refractivity contribution in [2.24, 2.45) is 5.16 Å². The second-order valence-corrected chi connectivity index (χ2v) is 7.62. The molecule has 2 aromatic rings. The molecule has 0 saturated carbocycles. The highest BCUT2D eigenvalue weighted by Crippen LogP contribution is 2.26. The minimum Gasteiger partial charge on any atom is -0.411 e. The van der Waals surface area contributed by atoms with E-state index in [-0.39, 0.29) is 17.7 Å². The van der Waals surface area contributed by atoms with Gasteiger partial charge in [0.2, 0.25) is 0 Å². The molecule has 0 atom stereocenters. The van der Waals surface area contributed by atoms with Crippen molar-refractivity contribution in [3.8, 4) is 0 Å². The molecule has 30 heavy (non-hydrogen) atoms. The molecule has 1 saturated heterocycles. The van der Waals surface area contributed by atoms with E-state index in [1.54, 1.807) is 24.3 Å².